The van der Waals surface area contributed by atoms with E-state index in [1.165, 1.54) is 7.11 Å². The zero-order chi connectivity index (χ0) is 15.1. The largest absolute Gasteiger partial charge is 0.496 e. The number of carbonyl (C=O) groups excluding carboxylic acids is 1. The lowest BCUT2D eigenvalue weighted by Crippen LogP contribution is -2.34. The van der Waals surface area contributed by atoms with E-state index in [9.17, 15) is 4.79 Å². The SMILES string of the molecule is CCOCCN(CC)C(=O)c1cc(Cl)c(N)cc1OC.Cl. The van der Waals surface area contributed by atoms with E-state index in [1.54, 1.807) is 17.0 Å². The van der Waals surface area contributed by atoms with Crippen molar-refractivity contribution < 1.29 is 14.3 Å². The predicted molar refractivity (Wildman–Crippen MR) is 87.7 cm³/mol. The lowest BCUT2D eigenvalue weighted by molar-refractivity contribution is 0.0666. The Morgan fingerprint density at radius 1 is 1.38 bits per heavy atom. The summed E-state index contributed by atoms with van der Waals surface area (Å²) in [6.07, 6.45) is 0. The molecule has 0 aromatic heterocycles. The summed E-state index contributed by atoms with van der Waals surface area (Å²) in [6.45, 7) is 6.06. The fraction of sp³-hybridized carbons (Fsp3) is 0.500. The second kappa shape index (κ2) is 9.71. The number of likely N-dealkylation sites (N-methyl/N-ethyl adjacent to an activating group) is 1. The van der Waals surface area contributed by atoms with E-state index < -0.39 is 0 Å². The number of benzene rings is 1. The van der Waals surface area contributed by atoms with Crippen LogP contribution in [0.1, 0.15) is 24.2 Å². The van der Waals surface area contributed by atoms with Gasteiger partial charge in [-0.15, -0.1) is 12.4 Å². The number of nitrogens with zero attached hydrogens (tertiary/aromatic N) is 1. The van der Waals surface area contributed by atoms with Gasteiger partial charge in [0.15, 0.2) is 0 Å². The van der Waals surface area contributed by atoms with Gasteiger partial charge in [-0.25, -0.2) is 0 Å². The molecule has 1 aromatic carbocycles. The second-order valence-corrected chi connectivity index (χ2v) is 4.56. The summed E-state index contributed by atoms with van der Waals surface area (Å²) < 4.78 is 10.5. The molecule has 0 aliphatic rings. The van der Waals surface area contributed by atoms with Gasteiger partial charge in [-0.2, -0.15) is 0 Å². The fourth-order valence-corrected chi connectivity index (χ4v) is 1.96. The Hall–Kier alpha value is -1.17. The van der Waals surface area contributed by atoms with Crippen molar-refractivity contribution in [1.82, 2.24) is 4.90 Å². The molecule has 1 rings (SSSR count). The summed E-state index contributed by atoms with van der Waals surface area (Å²) in [6, 6.07) is 3.10. The van der Waals surface area contributed by atoms with E-state index in [1.807, 2.05) is 13.8 Å². The minimum atomic E-state index is -0.147. The standard InChI is InChI=1S/C14H21ClN2O3.ClH/c1-4-17(6-7-20-5-2)14(18)10-8-11(15)12(16)9-13(10)19-3;/h8-9H,4-7,16H2,1-3H3;1H. The molecule has 0 bridgehead atoms. The number of hydrogen-bond acceptors (Lipinski definition) is 4. The summed E-state index contributed by atoms with van der Waals surface area (Å²) in [5, 5.41) is 0.343. The van der Waals surface area contributed by atoms with Gasteiger partial charge in [0, 0.05) is 25.8 Å². The predicted octanol–water partition coefficient (Wildman–Crippen LogP) is 2.85. The first-order valence-electron chi connectivity index (χ1n) is 6.55. The molecule has 0 saturated carbocycles. The first-order valence-corrected chi connectivity index (χ1v) is 6.92. The van der Waals surface area contributed by atoms with E-state index >= 15 is 0 Å². The van der Waals surface area contributed by atoms with Crippen LogP contribution in [0.3, 0.4) is 0 Å². The van der Waals surface area contributed by atoms with Gasteiger partial charge >= 0.3 is 0 Å². The molecular formula is C14H22Cl2N2O3. The monoisotopic (exact) mass is 336 g/mol. The number of rotatable bonds is 7. The molecule has 0 atom stereocenters. The summed E-state index contributed by atoms with van der Waals surface area (Å²) in [5.74, 6) is 0.276. The Kier molecular flexibility index (Phi) is 9.17. The van der Waals surface area contributed by atoms with Crippen LogP contribution in [0.4, 0.5) is 5.69 Å². The Bertz CT molecular complexity index is 470. The van der Waals surface area contributed by atoms with Gasteiger partial charge in [0.2, 0.25) is 0 Å². The summed E-state index contributed by atoms with van der Waals surface area (Å²) in [7, 11) is 1.50. The topological polar surface area (TPSA) is 64.8 Å². The smallest absolute Gasteiger partial charge is 0.257 e. The quantitative estimate of drug-likeness (QED) is 0.614. The number of anilines is 1. The van der Waals surface area contributed by atoms with Gasteiger partial charge in [-0.3, -0.25) is 4.79 Å². The Labute approximate surface area is 136 Å². The van der Waals surface area contributed by atoms with E-state index in [2.05, 4.69) is 0 Å². The van der Waals surface area contributed by atoms with Crippen molar-refractivity contribution >= 4 is 35.6 Å². The number of halogens is 2. The van der Waals surface area contributed by atoms with Crippen molar-refractivity contribution in [2.24, 2.45) is 0 Å². The number of methoxy groups -OCH3 is 1. The summed E-state index contributed by atoms with van der Waals surface area (Å²) >= 11 is 5.99. The van der Waals surface area contributed by atoms with Crippen molar-refractivity contribution in [1.29, 1.82) is 0 Å². The zero-order valence-corrected chi connectivity index (χ0v) is 14.1. The maximum Gasteiger partial charge on any atom is 0.257 e. The van der Waals surface area contributed by atoms with Crippen LogP contribution in [-0.4, -0.2) is 44.2 Å². The number of ether oxygens (including phenoxy) is 2. The molecule has 1 aromatic rings. The molecule has 21 heavy (non-hydrogen) atoms. The highest BCUT2D eigenvalue weighted by Crippen LogP contribution is 2.29. The van der Waals surface area contributed by atoms with E-state index in [0.29, 0.717) is 48.3 Å². The highest BCUT2D eigenvalue weighted by molar-refractivity contribution is 6.33. The van der Waals surface area contributed by atoms with Gasteiger partial charge in [-0.1, -0.05) is 11.6 Å². The van der Waals surface area contributed by atoms with Crippen molar-refractivity contribution in [3.63, 3.8) is 0 Å². The highest BCUT2D eigenvalue weighted by atomic mass is 35.5. The van der Waals surface area contributed by atoms with E-state index in [4.69, 9.17) is 26.8 Å². The average Bonchev–Trinajstić information content (AvgIpc) is 2.45. The molecule has 7 heteroatoms. The number of nitrogens with two attached hydrogens (primary N) is 1. The molecule has 2 N–H and O–H groups in total. The van der Waals surface area contributed by atoms with Crippen LogP contribution >= 0.6 is 24.0 Å². The molecule has 0 aliphatic carbocycles. The number of carbonyl (C=O) groups is 1. The molecule has 0 fully saturated rings. The van der Waals surface area contributed by atoms with Gasteiger partial charge in [0.25, 0.3) is 5.91 Å². The Morgan fingerprint density at radius 2 is 2.05 bits per heavy atom. The Balaban J connectivity index is 0.00000400. The maximum atomic E-state index is 12.5. The number of hydrogen-bond donors (Lipinski definition) is 1. The zero-order valence-electron chi connectivity index (χ0n) is 12.5. The molecule has 0 heterocycles. The highest BCUT2D eigenvalue weighted by Gasteiger charge is 2.20. The first kappa shape index (κ1) is 19.8. The molecule has 120 valence electrons. The summed E-state index contributed by atoms with van der Waals surface area (Å²) in [5.41, 5.74) is 6.51. The average molecular weight is 337 g/mol. The van der Waals surface area contributed by atoms with Gasteiger partial charge < -0.3 is 20.1 Å². The van der Waals surface area contributed by atoms with Crippen molar-refractivity contribution in [3.05, 3.63) is 22.7 Å². The first-order chi connectivity index (χ1) is 9.54. The molecule has 0 spiro atoms. The number of amides is 1. The summed E-state index contributed by atoms with van der Waals surface area (Å²) in [4.78, 5) is 14.2. The lowest BCUT2D eigenvalue weighted by atomic mass is 10.1. The van der Waals surface area contributed by atoms with Crippen LogP contribution in [0.5, 0.6) is 5.75 Å². The van der Waals surface area contributed by atoms with E-state index in [-0.39, 0.29) is 18.3 Å². The molecule has 0 unspecified atom stereocenters. The molecular weight excluding hydrogens is 315 g/mol. The second-order valence-electron chi connectivity index (χ2n) is 4.16. The van der Waals surface area contributed by atoms with Crippen LogP contribution < -0.4 is 10.5 Å². The van der Waals surface area contributed by atoms with Crippen LogP contribution in [0.2, 0.25) is 5.02 Å². The van der Waals surface area contributed by atoms with Crippen molar-refractivity contribution in [2.75, 3.05) is 39.1 Å². The van der Waals surface area contributed by atoms with Crippen LogP contribution in [0.25, 0.3) is 0 Å². The molecule has 1 amide bonds. The normalized spacial score (nSPS) is 9.90. The third-order valence-electron chi connectivity index (χ3n) is 2.93. The third-order valence-corrected chi connectivity index (χ3v) is 3.26. The van der Waals surface area contributed by atoms with Crippen molar-refractivity contribution in [2.45, 2.75) is 13.8 Å². The van der Waals surface area contributed by atoms with E-state index in [0.717, 1.165) is 0 Å². The van der Waals surface area contributed by atoms with Gasteiger partial charge in [0.05, 0.1) is 30.0 Å². The van der Waals surface area contributed by atoms with Gasteiger partial charge in [-0.05, 0) is 19.9 Å². The number of nitrogen functional groups attached to an aromatic ring is 1. The van der Waals surface area contributed by atoms with Gasteiger partial charge in [0.1, 0.15) is 5.75 Å². The van der Waals surface area contributed by atoms with Crippen LogP contribution in [0, 0.1) is 0 Å². The molecule has 0 radical (unpaired) electrons. The Morgan fingerprint density at radius 3 is 2.57 bits per heavy atom. The van der Waals surface area contributed by atoms with Crippen LogP contribution in [0.15, 0.2) is 12.1 Å². The third kappa shape index (κ3) is 5.26. The molecule has 5 nitrogen and oxygen atoms in total. The fourth-order valence-electron chi connectivity index (χ4n) is 1.80. The molecule has 0 aliphatic heterocycles. The lowest BCUT2D eigenvalue weighted by Gasteiger charge is -2.22. The van der Waals surface area contributed by atoms with Crippen molar-refractivity contribution in [3.8, 4) is 5.75 Å². The minimum Gasteiger partial charge on any atom is -0.496 e. The minimum absolute atomic E-state index is 0. The van der Waals surface area contributed by atoms with Crippen LogP contribution in [-0.2, 0) is 4.74 Å². The molecule has 0 saturated heterocycles. The maximum absolute atomic E-state index is 12.5.